The molecule has 0 aromatic rings. The molecule has 0 atom stereocenters. The summed E-state index contributed by atoms with van der Waals surface area (Å²) in [6.07, 6.45) is 0. The summed E-state index contributed by atoms with van der Waals surface area (Å²) in [6.45, 7) is 0. The van der Waals surface area contributed by atoms with Gasteiger partial charge < -0.3 is 32.2 Å². The minimum absolute atomic E-state index is 0. The van der Waals surface area contributed by atoms with Gasteiger partial charge >= 0.3 is 53.4 Å². The van der Waals surface area contributed by atoms with Crippen molar-refractivity contribution >= 4 is 15.6 Å². The predicted molar refractivity (Wildman–Crippen MR) is 30.7 cm³/mol. The van der Waals surface area contributed by atoms with Crippen LogP contribution in [0.3, 0.4) is 0 Å². The van der Waals surface area contributed by atoms with Crippen LogP contribution in [-0.4, -0.2) is 29.4 Å². The largest absolute Gasteiger partial charge is 1.00 e. The summed E-state index contributed by atoms with van der Waals surface area (Å²) >= 11 is 0. The average molecular weight is 212 g/mol. The molecule has 6 N–H and O–H groups in total. The fourth-order valence-electron chi connectivity index (χ4n) is 0. The first-order chi connectivity index (χ1) is 4.00. The van der Waals surface area contributed by atoms with E-state index >= 15 is 0 Å². The molecule has 0 heterocycles. The van der Waals surface area contributed by atoms with Gasteiger partial charge in [-0.25, -0.2) is 9.13 Å². The second kappa shape index (κ2) is 8.99. The van der Waals surface area contributed by atoms with Crippen LogP contribution >= 0.6 is 15.6 Å². The predicted octanol–water partition coefficient (Wildman–Crippen LogP) is -7.62. The summed E-state index contributed by atoms with van der Waals surface area (Å²) in [4.78, 5) is 43.1. The van der Waals surface area contributed by atoms with Crippen molar-refractivity contribution in [2.75, 3.05) is 0 Å². The molecule has 8 nitrogen and oxygen atoms in total. The van der Waals surface area contributed by atoms with E-state index in [1.807, 2.05) is 0 Å². The second-order valence-corrected chi connectivity index (χ2v) is 3.08. The molecule has 0 aliphatic rings. The smallest absolute Gasteiger partial charge is 1.00 e. The fraction of sp³-hybridized carbons (Fsp3) is 0. The van der Waals surface area contributed by atoms with Crippen molar-refractivity contribution < 1.29 is 79.1 Å². The average Bonchev–Trinajstić information content (AvgIpc) is 1.12. The van der Waals surface area contributed by atoms with Crippen LogP contribution in [0.4, 0.5) is 0 Å². The molecule has 0 unspecified atom stereocenters. The number of hydrogen-bond donors (Lipinski definition) is 6. The van der Waals surface area contributed by atoms with Gasteiger partial charge in [0.25, 0.3) is 0 Å². The van der Waals surface area contributed by atoms with E-state index < -0.39 is 15.6 Å². The molecule has 0 radical (unpaired) electrons. The molecule has 0 saturated heterocycles. The first kappa shape index (κ1) is 23.3. The molecule has 12 heteroatoms. The van der Waals surface area contributed by atoms with E-state index in [4.69, 9.17) is 38.5 Å². The van der Waals surface area contributed by atoms with Crippen LogP contribution in [0.2, 0.25) is 0 Å². The standard InChI is InChI=1S/2Li.2H3O4P.2H/c;;2*1-5(2,3)4;;/h;;2*(H3,1,2,3,4);;/q2*+1;;;2*-1. The van der Waals surface area contributed by atoms with Gasteiger partial charge in [0.05, 0.1) is 0 Å². The third kappa shape index (κ3) is 619. The SMILES string of the molecule is O=P(O)(O)O.O=P(O)(O)O.[H-].[H-].[Li+].[Li+]. The van der Waals surface area contributed by atoms with E-state index in [2.05, 4.69) is 0 Å². The van der Waals surface area contributed by atoms with Crippen LogP contribution in [0.1, 0.15) is 2.85 Å². The maximum Gasteiger partial charge on any atom is 1.00 e. The Bertz CT molecular complexity index is 136. The molecule has 0 aromatic carbocycles. The van der Waals surface area contributed by atoms with Gasteiger partial charge in [-0.3, -0.25) is 0 Å². The van der Waals surface area contributed by atoms with Gasteiger partial charge in [-0.2, -0.15) is 0 Å². The third-order valence-corrected chi connectivity index (χ3v) is 0. The Kier molecular flexibility index (Phi) is 17.5. The molecule has 0 bridgehead atoms. The van der Waals surface area contributed by atoms with Crippen molar-refractivity contribution in [3.8, 4) is 0 Å². The van der Waals surface area contributed by atoms with Crippen LogP contribution in [0.5, 0.6) is 0 Å². The monoisotopic (exact) mass is 212 g/mol. The Labute approximate surface area is 94.8 Å². The van der Waals surface area contributed by atoms with E-state index in [1.165, 1.54) is 0 Å². The molecule has 12 heavy (non-hydrogen) atoms. The Hall–Kier alpha value is 1.41. The first-order valence-corrected chi connectivity index (χ1v) is 4.70. The quantitative estimate of drug-likeness (QED) is 0.171. The molecule has 0 aromatic heterocycles. The summed E-state index contributed by atoms with van der Waals surface area (Å²) in [6, 6.07) is 0. The minimum atomic E-state index is -4.64. The zero-order chi connectivity index (χ0) is 9.00. The van der Waals surface area contributed by atoms with E-state index in [0.717, 1.165) is 0 Å². The van der Waals surface area contributed by atoms with Gasteiger partial charge in [0.15, 0.2) is 0 Å². The molecule has 0 aliphatic carbocycles. The molecule has 0 amide bonds. The van der Waals surface area contributed by atoms with Crippen molar-refractivity contribution in [2.45, 2.75) is 0 Å². The molecule has 68 valence electrons. The van der Waals surface area contributed by atoms with Gasteiger partial charge in [0.1, 0.15) is 0 Å². The zero-order valence-corrected chi connectivity index (χ0v) is 8.18. The topological polar surface area (TPSA) is 156 Å². The number of phosphoric acid groups is 2. The molecule has 0 fully saturated rings. The fourth-order valence-corrected chi connectivity index (χ4v) is 0. The van der Waals surface area contributed by atoms with Gasteiger partial charge in [0, 0.05) is 0 Å². The Morgan fingerprint density at radius 1 is 0.667 bits per heavy atom. The second-order valence-electron chi connectivity index (χ2n) is 1.03. The van der Waals surface area contributed by atoms with E-state index in [1.54, 1.807) is 0 Å². The molecule has 0 spiro atoms. The molecule has 0 aliphatic heterocycles. The van der Waals surface area contributed by atoms with Crippen LogP contribution < -0.4 is 37.7 Å². The summed E-state index contributed by atoms with van der Waals surface area (Å²) in [5, 5.41) is 0. The van der Waals surface area contributed by atoms with Crippen LogP contribution in [0.15, 0.2) is 0 Å². The van der Waals surface area contributed by atoms with Crippen molar-refractivity contribution in [1.29, 1.82) is 0 Å². The molecular formula is H8Li2O8P2. The van der Waals surface area contributed by atoms with Crippen molar-refractivity contribution in [2.24, 2.45) is 0 Å². The third-order valence-electron chi connectivity index (χ3n) is 0. The maximum atomic E-state index is 8.88. The number of rotatable bonds is 0. The van der Waals surface area contributed by atoms with Gasteiger partial charge in [0.2, 0.25) is 0 Å². The normalized spacial score (nSPS) is 9.83. The van der Waals surface area contributed by atoms with E-state index in [-0.39, 0.29) is 40.6 Å². The van der Waals surface area contributed by atoms with Gasteiger partial charge in [-0.05, 0) is 0 Å². The summed E-state index contributed by atoms with van der Waals surface area (Å²) in [5.41, 5.74) is 0. The molecule has 0 saturated carbocycles. The van der Waals surface area contributed by atoms with Crippen LogP contribution in [-0.2, 0) is 9.13 Å². The van der Waals surface area contributed by atoms with Gasteiger partial charge in [-0.1, -0.05) is 0 Å². The Morgan fingerprint density at radius 3 is 0.667 bits per heavy atom. The molecular weight excluding hydrogens is 204 g/mol. The van der Waals surface area contributed by atoms with Crippen molar-refractivity contribution in [1.82, 2.24) is 0 Å². The zero-order valence-electron chi connectivity index (χ0n) is 8.39. The van der Waals surface area contributed by atoms with Gasteiger partial charge in [-0.15, -0.1) is 0 Å². The van der Waals surface area contributed by atoms with Crippen molar-refractivity contribution in [3.05, 3.63) is 0 Å². The number of hydrogen-bond acceptors (Lipinski definition) is 2. The summed E-state index contributed by atoms with van der Waals surface area (Å²) in [7, 11) is -9.28. The maximum absolute atomic E-state index is 8.88. The summed E-state index contributed by atoms with van der Waals surface area (Å²) in [5.74, 6) is 0. The first-order valence-electron chi connectivity index (χ1n) is 1.57. The Morgan fingerprint density at radius 2 is 0.667 bits per heavy atom. The van der Waals surface area contributed by atoms with Crippen LogP contribution in [0, 0.1) is 0 Å². The van der Waals surface area contributed by atoms with Crippen LogP contribution in [0.25, 0.3) is 0 Å². The van der Waals surface area contributed by atoms with E-state index in [9.17, 15) is 0 Å². The molecule has 0 rings (SSSR count). The van der Waals surface area contributed by atoms with Crippen molar-refractivity contribution in [3.63, 3.8) is 0 Å². The minimum Gasteiger partial charge on any atom is -1.00 e. The van der Waals surface area contributed by atoms with E-state index in [0.29, 0.717) is 0 Å². The summed E-state index contributed by atoms with van der Waals surface area (Å²) < 4.78 is 17.8. The Balaban J connectivity index is -0.0000000178.